The SMILES string of the molecule is CC1OCCN(c2cc(N3CCOC(C)C3C)ncn2)C1C. The van der Waals surface area contributed by atoms with Crippen molar-refractivity contribution >= 4 is 11.6 Å². The molecule has 1 aromatic heterocycles. The molecule has 2 fully saturated rings. The highest BCUT2D eigenvalue weighted by Crippen LogP contribution is 2.26. The van der Waals surface area contributed by atoms with Crippen LogP contribution < -0.4 is 9.80 Å². The summed E-state index contributed by atoms with van der Waals surface area (Å²) in [6.45, 7) is 11.8. The van der Waals surface area contributed by atoms with Crippen molar-refractivity contribution in [2.45, 2.75) is 52.0 Å². The normalized spacial score (nSPS) is 33.1. The molecule has 2 aliphatic rings. The van der Waals surface area contributed by atoms with E-state index in [4.69, 9.17) is 9.47 Å². The van der Waals surface area contributed by atoms with Crippen molar-refractivity contribution in [1.82, 2.24) is 9.97 Å². The molecule has 3 heterocycles. The number of rotatable bonds is 2. The average molecular weight is 306 g/mol. The van der Waals surface area contributed by atoms with E-state index in [1.165, 1.54) is 0 Å². The minimum atomic E-state index is 0.217. The van der Waals surface area contributed by atoms with Crippen LogP contribution >= 0.6 is 0 Å². The van der Waals surface area contributed by atoms with Gasteiger partial charge in [-0.25, -0.2) is 9.97 Å². The lowest BCUT2D eigenvalue weighted by atomic mass is 10.1. The van der Waals surface area contributed by atoms with E-state index < -0.39 is 0 Å². The van der Waals surface area contributed by atoms with E-state index >= 15 is 0 Å². The first-order valence-corrected chi connectivity index (χ1v) is 8.16. The first kappa shape index (κ1) is 15.5. The standard InChI is InChI=1S/C16H26N4O2/c1-11-13(3)21-7-5-19(11)15-9-16(18-10-17-15)20-6-8-22-14(4)12(20)2/h9-14H,5-8H2,1-4H3. The maximum absolute atomic E-state index is 5.71. The summed E-state index contributed by atoms with van der Waals surface area (Å²) in [5.74, 6) is 1.97. The Morgan fingerprint density at radius 3 is 1.77 bits per heavy atom. The molecule has 0 amide bonds. The van der Waals surface area contributed by atoms with Crippen LogP contribution in [0.15, 0.2) is 12.4 Å². The summed E-state index contributed by atoms with van der Waals surface area (Å²) in [6.07, 6.45) is 2.11. The van der Waals surface area contributed by atoms with E-state index in [0.717, 1.165) is 37.9 Å². The zero-order valence-corrected chi connectivity index (χ0v) is 13.9. The molecule has 0 saturated carbocycles. The van der Waals surface area contributed by atoms with E-state index in [2.05, 4.69) is 53.5 Å². The summed E-state index contributed by atoms with van der Waals surface area (Å²) < 4.78 is 11.4. The number of morpholine rings is 2. The first-order valence-electron chi connectivity index (χ1n) is 8.16. The Kier molecular flexibility index (Phi) is 4.49. The summed E-state index contributed by atoms with van der Waals surface area (Å²) in [4.78, 5) is 13.6. The van der Waals surface area contributed by atoms with Gasteiger partial charge >= 0.3 is 0 Å². The third kappa shape index (κ3) is 2.90. The van der Waals surface area contributed by atoms with Crippen molar-refractivity contribution < 1.29 is 9.47 Å². The van der Waals surface area contributed by atoms with E-state index in [0.29, 0.717) is 12.1 Å². The van der Waals surface area contributed by atoms with Crippen molar-refractivity contribution in [3.05, 3.63) is 12.4 Å². The van der Waals surface area contributed by atoms with Gasteiger partial charge in [-0.15, -0.1) is 0 Å². The predicted octanol–water partition coefficient (Wildman–Crippen LogP) is 1.70. The van der Waals surface area contributed by atoms with Crippen molar-refractivity contribution in [3.63, 3.8) is 0 Å². The van der Waals surface area contributed by atoms with Gasteiger partial charge in [0.25, 0.3) is 0 Å². The van der Waals surface area contributed by atoms with Gasteiger partial charge < -0.3 is 19.3 Å². The first-order chi connectivity index (χ1) is 10.6. The van der Waals surface area contributed by atoms with Crippen molar-refractivity contribution in [3.8, 4) is 0 Å². The van der Waals surface area contributed by atoms with Gasteiger partial charge in [-0.3, -0.25) is 0 Å². The largest absolute Gasteiger partial charge is 0.375 e. The molecular formula is C16H26N4O2. The molecule has 6 heteroatoms. The maximum Gasteiger partial charge on any atom is 0.134 e. The Labute approximate surface area is 132 Å². The van der Waals surface area contributed by atoms with Crippen LogP contribution in [0.25, 0.3) is 0 Å². The van der Waals surface area contributed by atoms with Gasteiger partial charge in [0.2, 0.25) is 0 Å². The van der Waals surface area contributed by atoms with Gasteiger partial charge in [0, 0.05) is 19.2 Å². The fraction of sp³-hybridized carbons (Fsp3) is 0.750. The highest BCUT2D eigenvalue weighted by atomic mass is 16.5. The molecule has 4 unspecified atom stereocenters. The number of nitrogens with zero attached hydrogens (tertiary/aromatic N) is 4. The van der Waals surface area contributed by atoms with Gasteiger partial charge in [0.15, 0.2) is 0 Å². The lowest BCUT2D eigenvalue weighted by Gasteiger charge is -2.40. The molecule has 0 radical (unpaired) electrons. The Morgan fingerprint density at radius 2 is 1.32 bits per heavy atom. The van der Waals surface area contributed by atoms with E-state index in [-0.39, 0.29) is 12.2 Å². The molecule has 122 valence electrons. The van der Waals surface area contributed by atoms with E-state index in [9.17, 15) is 0 Å². The van der Waals surface area contributed by atoms with Gasteiger partial charge in [-0.05, 0) is 27.7 Å². The van der Waals surface area contributed by atoms with Crippen LogP contribution in [0, 0.1) is 0 Å². The average Bonchev–Trinajstić information content (AvgIpc) is 2.53. The molecule has 0 aliphatic carbocycles. The third-order valence-corrected chi connectivity index (χ3v) is 4.99. The van der Waals surface area contributed by atoms with Crippen molar-refractivity contribution in [2.75, 3.05) is 36.1 Å². The number of hydrogen-bond donors (Lipinski definition) is 0. The highest BCUT2D eigenvalue weighted by molar-refractivity contribution is 5.52. The van der Waals surface area contributed by atoms with Crippen molar-refractivity contribution in [1.29, 1.82) is 0 Å². The summed E-state index contributed by atoms with van der Waals surface area (Å²) >= 11 is 0. The van der Waals surface area contributed by atoms with Gasteiger partial charge in [0.1, 0.15) is 18.0 Å². The molecule has 0 N–H and O–H groups in total. The van der Waals surface area contributed by atoms with Crippen LogP contribution in [-0.4, -0.2) is 60.6 Å². The van der Waals surface area contributed by atoms with Gasteiger partial charge in [-0.2, -0.15) is 0 Å². The topological polar surface area (TPSA) is 50.7 Å². The zero-order chi connectivity index (χ0) is 15.7. The summed E-state index contributed by atoms with van der Waals surface area (Å²) in [6, 6.07) is 2.73. The molecule has 0 spiro atoms. The third-order valence-electron chi connectivity index (χ3n) is 4.99. The molecule has 1 aromatic rings. The second-order valence-electron chi connectivity index (χ2n) is 6.25. The number of anilines is 2. The smallest absolute Gasteiger partial charge is 0.134 e. The molecule has 2 saturated heterocycles. The Morgan fingerprint density at radius 1 is 0.864 bits per heavy atom. The van der Waals surface area contributed by atoms with Crippen LogP contribution in [0.3, 0.4) is 0 Å². The summed E-state index contributed by atoms with van der Waals surface area (Å²) in [5.41, 5.74) is 0. The molecule has 3 rings (SSSR count). The molecule has 22 heavy (non-hydrogen) atoms. The minimum absolute atomic E-state index is 0.217. The second kappa shape index (κ2) is 6.38. The van der Waals surface area contributed by atoms with Crippen LogP contribution in [-0.2, 0) is 9.47 Å². The summed E-state index contributed by atoms with van der Waals surface area (Å²) in [7, 11) is 0. The molecule has 0 aromatic carbocycles. The van der Waals surface area contributed by atoms with Crippen LogP contribution in [0.5, 0.6) is 0 Å². The quantitative estimate of drug-likeness (QED) is 0.829. The fourth-order valence-corrected chi connectivity index (χ4v) is 3.16. The van der Waals surface area contributed by atoms with Crippen molar-refractivity contribution in [2.24, 2.45) is 0 Å². The molecular weight excluding hydrogens is 280 g/mol. The Hall–Kier alpha value is -1.40. The van der Waals surface area contributed by atoms with Crippen LogP contribution in [0.4, 0.5) is 11.6 Å². The van der Waals surface area contributed by atoms with Crippen LogP contribution in [0.2, 0.25) is 0 Å². The minimum Gasteiger partial charge on any atom is -0.375 e. The maximum atomic E-state index is 5.71. The predicted molar refractivity (Wildman–Crippen MR) is 86.5 cm³/mol. The number of aromatic nitrogens is 2. The lowest BCUT2D eigenvalue weighted by Crippen LogP contribution is -2.50. The van der Waals surface area contributed by atoms with Gasteiger partial charge in [-0.1, -0.05) is 0 Å². The lowest BCUT2D eigenvalue weighted by molar-refractivity contribution is 0.0276. The molecule has 2 aliphatic heterocycles. The molecule has 0 bridgehead atoms. The Balaban J connectivity index is 1.83. The highest BCUT2D eigenvalue weighted by Gasteiger charge is 2.29. The van der Waals surface area contributed by atoms with E-state index in [1.54, 1.807) is 6.33 Å². The van der Waals surface area contributed by atoms with Gasteiger partial charge in [0.05, 0.1) is 37.5 Å². The Bertz CT molecular complexity index is 471. The van der Waals surface area contributed by atoms with E-state index in [1.807, 2.05) is 0 Å². The second-order valence-corrected chi connectivity index (χ2v) is 6.25. The zero-order valence-electron chi connectivity index (χ0n) is 13.9. The summed E-state index contributed by atoms with van der Waals surface area (Å²) in [5, 5.41) is 0. The van der Waals surface area contributed by atoms with Crippen LogP contribution in [0.1, 0.15) is 27.7 Å². The number of hydrogen-bond acceptors (Lipinski definition) is 6. The number of ether oxygens (including phenoxy) is 2. The molecule has 4 atom stereocenters. The monoisotopic (exact) mass is 306 g/mol. The fourth-order valence-electron chi connectivity index (χ4n) is 3.16. The molecule has 6 nitrogen and oxygen atoms in total.